The number of aliphatic hydroxyl groups is 2. The van der Waals surface area contributed by atoms with E-state index in [0.29, 0.717) is 25.7 Å². The molecule has 5 atom stereocenters. The summed E-state index contributed by atoms with van der Waals surface area (Å²) in [6, 6.07) is 2.59. The highest BCUT2D eigenvalue weighted by Crippen LogP contribution is 2.40. The van der Waals surface area contributed by atoms with Crippen LogP contribution in [0.3, 0.4) is 0 Å². The van der Waals surface area contributed by atoms with Crippen molar-refractivity contribution >= 4 is 39.1 Å². The van der Waals surface area contributed by atoms with Gasteiger partial charge in [0.2, 0.25) is 15.9 Å². The molecule has 3 aliphatic rings. The number of nitrogens with one attached hydrogen (secondary N) is 1. The van der Waals surface area contributed by atoms with Crippen LogP contribution >= 0.6 is 23.2 Å². The lowest BCUT2D eigenvalue weighted by Crippen LogP contribution is -2.55. The van der Waals surface area contributed by atoms with E-state index in [2.05, 4.69) is 5.32 Å². The third-order valence-corrected chi connectivity index (χ3v) is 8.25. The lowest BCUT2D eigenvalue weighted by atomic mass is 9.84. The van der Waals surface area contributed by atoms with Gasteiger partial charge in [0.05, 0.1) is 29.1 Å². The van der Waals surface area contributed by atoms with E-state index in [9.17, 15) is 23.4 Å². The number of hydrogen-bond donors (Lipinski definition) is 3. The van der Waals surface area contributed by atoms with Crippen LogP contribution in [0.5, 0.6) is 0 Å². The Hall–Kier alpha value is -0.940. The summed E-state index contributed by atoms with van der Waals surface area (Å²) < 4.78 is 33.1. The number of sulfonamides is 1. The molecule has 0 aromatic heterocycles. The quantitative estimate of drug-likeness (QED) is 0.562. The summed E-state index contributed by atoms with van der Waals surface area (Å²) in [6.45, 7) is 0.198. The monoisotopic (exact) mass is 464 g/mol. The highest BCUT2D eigenvalue weighted by atomic mass is 35.5. The summed E-state index contributed by atoms with van der Waals surface area (Å²) in [5.74, 6) is -1.10. The van der Waals surface area contributed by atoms with Gasteiger partial charge in [0.1, 0.15) is 6.04 Å². The van der Waals surface area contributed by atoms with E-state index in [4.69, 9.17) is 27.9 Å². The van der Waals surface area contributed by atoms with Crippen molar-refractivity contribution in [3.8, 4) is 0 Å². The maximum absolute atomic E-state index is 13.1. The van der Waals surface area contributed by atoms with Crippen molar-refractivity contribution in [3.63, 3.8) is 0 Å². The molecule has 2 bridgehead atoms. The zero-order chi connectivity index (χ0) is 20.9. The van der Waals surface area contributed by atoms with Gasteiger partial charge in [-0.25, -0.2) is 8.42 Å². The smallest absolute Gasteiger partial charge is 0.243 e. The average molecular weight is 465 g/mol. The van der Waals surface area contributed by atoms with Crippen molar-refractivity contribution in [1.29, 1.82) is 0 Å². The standard InChI is InChI=1S/C18H22Cl2N2O6S/c19-9-6-10(20)8-11(7-9)29(26,27)22-5-1-2-12(22)17(23)21-16-14-4-3-13(28-14)15(16)18(24)25/h6-8,12-16,18,24-25H,1-5H2,(H,21,23)/t12-,13?,14?,15?,16?/m0/s1. The number of carbonyl (C=O) groups excluding carboxylic acids is 1. The number of rotatable bonds is 5. The van der Waals surface area contributed by atoms with Gasteiger partial charge in [-0.3, -0.25) is 4.79 Å². The van der Waals surface area contributed by atoms with Crippen molar-refractivity contribution in [1.82, 2.24) is 9.62 Å². The number of benzene rings is 1. The normalized spacial score (nSPS) is 32.2. The van der Waals surface area contributed by atoms with Gasteiger partial charge in [0, 0.05) is 16.6 Å². The fourth-order valence-electron chi connectivity index (χ4n) is 4.65. The first-order valence-corrected chi connectivity index (χ1v) is 11.7. The molecule has 0 radical (unpaired) electrons. The van der Waals surface area contributed by atoms with Crippen molar-refractivity contribution in [2.24, 2.45) is 5.92 Å². The van der Waals surface area contributed by atoms with Gasteiger partial charge in [0.15, 0.2) is 6.29 Å². The second-order valence-corrected chi connectivity index (χ2v) is 10.5. The van der Waals surface area contributed by atoms with Crippen LogP contribution in [0.15, 0.2) is 23.1 Å². The first kappa shape index (κ1) is 21.3. The number of nitrogens with zero attached hydrogens (tertiary/aromatic N) is 1. The van der Waals surface area contributed by atoms with Gasteiger partial charge in [-0.2, -0.15) is 4.31 Å². The minimum absolute atomic E-state index is 0.0680. The molecule has 29 heavy (non-hydrogen) atoms. The molecule has 0 spiro atoms. The summed E-state index contributed by atoms with van der Waals surface area (Å²) in [4.78, 5) is 12.9. The van der Waals surface area contributed by atoms with Gasteiger partial charge >= 0.3 is 0 Å². The number of halogens is 2. The van der Waals surface area contributed by atoms with Crippen LogP contribution in [0.25, 0.3) is 0 Å². The van der Waals surface area contributed by atoms with E-state index in [-0.39, 0.29) is 33.7 Å². The minimum Gasteiger partial charge on any atom is -0.372 e. The maximum atomic E-state index is 13.1. The predicted octanol–water partition coefficient (Wildman–Crippen LogP) is 1.12. The molecule has 1 aromatic rings. The average Bonchev–Trinajstić information content (AvgIpc) is 3.36. The van der Waals surface area contributed by atoms with E-state index < -0.39 is 40.2 Å². The molecule has 3 N–H and O–H groups in total. The minimum atomic E-state index is -3.98. The Kier molecular flexibility index (Phi) is 5.84. The molecule has 3 aliphatic heterocycles. The number of carbonyl (C=O) groups is 1. The van der Waals surface area contributed by atoms with Crippen molar-refractivity contribution < 1.29 is 28.2 Å². The second kappa shape index (κ2) is 7.96. The van der Waals surface area contributed by atoms with Crippen molar-refractivity contribution in [3.05, 3.63) is 28.2 Å². The molecule has 3 fully saturated rings. The molecule has 1 aromatic carbocycles. The molecule has 0 aliphatic carbocycles. The Morgan fingerprint density at radius 2 is 1.79 bits per heavy atom. The van der Waals surface area contributed by atoms with E-state index in [0.717, 1.165) is 4.31 Å². The number of ether oxygens (including phenoxy) is 1. The Morgan fingerprint density at radius 3 is 2.45 bits per heavy atom. The van der Waals surface area contributed by atoms with Crippen molar-refractivity contribution in [2.45, 2.75) is 61.2 Å². The largest absolute Gasteiger partial charge is 0.372 e. The summed E-state index contributed by atoms with van der Waals surface area (Å²) in [5, 5.41) is 22.6. The molecule has 3 heterocycles. The summed E-state index contributed by atoms with van der Waals surface area (Å²) >= 11 is 11.9. The first-order valence-electron chi connectivity index (χ1n) is 9.48. The lowest BCUT2D eigenvalue weighted by Gasteiger charge is -2.32. The third-order valence-electron chi connectivity index (χ3n) is 5.93. The SMILES string of the molecule is O=C(NC1C2CCC(O2)C1C(O)O)[C@@H]1CCCN1S(=O)(=O)c1cc(Cl)cc(Cl)c1. The molecule has 0 saturated carbocycles. The van der Waals surface area contributed by atoms with Gasteiger partial charge in [-0.1, -0.05) is 23.2 Å². The van der Waals surface area contributed by atoms with Crippen LogP contribution in [0.4, 0.5) is 0 Å². The Morgan fingerprint density at radius 1 is 1.14 bits per heavy atom. The molecule has 4 unspecified atom stereocenters. The Bertz CT molecular complexity index is 891. The van der Waals surface area contributed by atoms with E-state index in [1.165, 1.54) is 18.2 Å². The van der Waals surface area contributed by atoms with E-state index >= 15 is 0 Å². The zero-order valence-corrected chi connectivity index (χ0v) is 17.7. The number of aliphatic hydroxyl groups excluding tert-OH is 1. The van der Waals surface area contributed by atoms with E-state index in [1.807, 2.05) is 0 Å². The second-order valence-electron chi connectivity index (χ2n) is 7.69. The van der Waals surface area contributed by atoms with Crippen LogP contribution in [-0.2, 0) is 19.6 Å². The first-order chi connectivity index (χ1) is 13.7. The number of fused-ring (bicyclic) bond motifs is 2. The van der Waals surface area contributed by atoms with Gasteiger partial charge in [0.25, 0.3) is 0 Å². The highest BCUT2D eigenvalue weighted by Gasteiger charge is 2.53. The molecule has 8 nitrogen and oxygen atoms in total. The van der Waals surface area contributed by atoms with Crippen LogP contribution in [0.2, 0.25) is 10.0 Å². The topological polar surface area (TPSA) is 116 Å². The summed E-state index contributed by atoms with van der Waals surface area (Å²) in [5.41, 5.74) is 0. The van der Waals surface area contributed by atoms with Crippen LogP contribution in [0, 0.1) is 5.92 Å². The van der Waals surface area contributed by atoms with Crippen LogP contribution in [0.1, 0.15) is 25.7 Å². The maximum Gasteiger partial charge on any atom is 0.243 e. The fourth-order valence-corrected chi connectivity index (χ4v) is 7.03. The number of hydrogen-bond acceptors (Lipinski definition) is 6. The summed E-state index contributed by atoms with van der Waals surface area (Å²) in [7, 11) is -3.98. The fraction of sp³-hybridized carbons (Fsp3) is 0.611. The van der Waals surface area contributed by atoms with Crippen LogP contribution < -0.4 is 5.32 Å². The number of amides is 1. The van der Waals surface area contributed by atoms with Gasteiger partial charge < -0.3 is 20.3 Å². The zero-order valence-electron chi connectivity index (χ0n) is 15.4. The predicted molar refractivity (Wildman–Crippen MR) is 105 cm³/mol. The Labute approximate surface area is 178 Å². The molecule has 11 heteroatoms. The third kappa shape index (κ3) is 3.89. The van der Waals surface area contributed by atoms with Crippen LogP contribution in [-0.4, -0.2) is 66.0 Å². The highest BCUT2D eigenvalue weighted by molar-refractivity contribution is 7.89. The molecule has 160 valence electrons. The molecule has 4 rings (SSSR count). The molecular formula is C18H22Cl2N2O6S. The van der Waals surface area contributed by atoms with Gasteiger partial charge in [-0.15, -0.1) is 0 Å². The molecular weight excluding hydrogens is 443 g/mol. The summed E-state index contributed by atoms with van der Waals surface area (Å²) in [6.07, 6.45) is 0.0905. The molecule has 3 saturated heterocycles. The molecule has 1 amide bonds. The Balaban J connectivity index is 1.54. The van der Waals surface area contributed by atoms with Crippen molar-refractivity contribution in [2.75, 3.05) is 6.54 Å². The lowest BCUT2D eigenvalue weighted by molar-refractivity contribution is -0.128. The van der Waals surface area contributed by atoms with E-state index in [1.54, 1.807) is 0 Å². The van der Waals surface area contributed by atoms with Gasteiger partial charge in [-0.05, 0) is 43.9 Å².